The predicted octanol–water partition coefficient (Wildman–Crippen LogP) is 0.926. The van der Waals surface area contributed by atoms with Crippen LogP contribution < -0.4 is 9.39 Å². The lowest BCUT2D eigenvalue weighted by atomic mass is 10.3. The normalized spacial score (nSPS) is 9.85. The smallest absolute Gasteiger partial charge is 0.504 e. The SMILES string of the molecule is OBOc1cccc(OC(F)F)c1. The van der Waals surface area contributed by atoms with Crippen molar-refractivity contribution in [3.05, 3.63) is 24.3 Å². The van der Waals surface area contributed by atoms with E-state index in [4.69, 9.17) is 5.02 Å². The molecule has 6 heteroatoms. The Labute approximate surface area is 74.2 Å². The zero-order valence-electron chi connectivity index (χ0n) is 6.61. The van der Waals surface area contributed by atoms with Crippen LogP contribution in [0.4, 0.5) is 8.78 Å². The van der Waals surface area contributed by atoms with Crippen LogP contribution in [-0.2, 0) is 0 Å². The van der Waals surface area contributed by atoms with Crippen LogP contribution in [0.5, 0.6) is 11.5 Å². The van der Waals surface area contributed by atoms with E-state index in [9.17, 15) is 8.78 Å². The lowest BCUT2D eigenvalue weighted by Crippen LogP contribution is -2.03. The molecule has 1 aromatic carbocycles. The molecule has 1 rings (SSSR count). The van der Waals surface area contributed by atoms with Gasteiger partial charge >= 0.3 is 14.3 Å². The van der Waals surface area contributed by atoms with E-state index in [1.165, 1.54) is 24.3 Å². The van der Waals surface area contributed by atoms with Gasteiger partial charge in [-0.2, -0.15) is 8.78 Å². The van der Waals surface area contributed by atoms with Gasteiger partial charge in [-0.3, -0.25) is 0 Å². The van der Waals surface area contributed by atoms with Crippen molar-refractivity contribution in [2.75, 3.05) is 0 Å². The molecule has 1 aromatic rings. The first kappa shape index (κ1) is 9.79. The van der Waals surface area contributed by atoms with Crippen LogP contribution in [0, 0.1) is 0 Å². The van der Waals surface area contributed by atoms with Gasteiger partial charge in [0, 0.05) is 6.07 Å². The lowest BCUT2D eigenvalue weighted by molar-refractivity contribution is -0.0498. The first-order chi connectivity index (χ1) is 6.22. The first-order valence-corrected chi connectivity index (χ1v) is 3.51. The van der Waals surface area contributed by atoms with E-state index in [1.807, 2.05) is 0 Å². The summed E-state index contributed by atoms with van der Waals surface area (Å²) in [4.78, 5) is 0. The Morgan fingerprint density at radius 2 is 2.00 bits per heavy atom. The molecule has 3 nitrogen and oxygen atoms in total. The highest BCUT2D eigenvalue weighted by Crippen LogP contribution is 2.20. The van der Waals surface area contributed by atoms with E-state index in [0.717, 1.165) is 0 Å². The molecule has 70 valence electrons. The average Bonchev–Trinajstić information content (AvgIpc) is 2.04. The third-order valence-corrected chi connectivity index (χ3v) is 1.26. The second-order valence-corrected chi connectivity index (χ2v) is 2.13. The van der Waals surface area contributed by atoms with Crippen LogP contribution in [0.15, 0.2) is 24.3 Å². The third kappa shape index (κ3) is 3.29. The molecule has 0 amide bonds. The summed E-state index contributed by atoms with van der Waals surface area (Å²) >= 11 is 0. The fourth-order valence-electron chi connectivity index (χ4n) is 0.815. The van der Waals surface area contributed by atoms with Crippen LogP contribution in [0.1, 0.15) is 0 Å². The number of hydrogen-bond acceptors (Lipinski definition) is 3. The van der Waals surface area contributed by atoms with Crippen LogP contribution in [-0.4, -0.2) is 19.3 Å². The second-order valence-electron chi connectivity index (χ2n) is 2.13. The van der Waals surface area contributed by atoms with Crippen molar-refractivity contribution in [2.45, 2.75) is 6.61 Å². The molecule has 1 N–H and O–H groups in total. The molecular weight excluding hydrogens is 181 g/mol. The maximum absolute atomic E-state index is 11.7. The number of benzene rings is 1. The molecular formula is C7H7BF2O3. The second kappa shape index (κ2) is 4.66. The highest BCUT2D eigenvalue weighted by Gasteiger charge is 2.04. The van der Waals surface area contributed by atoms with E-state index in [0.29, 0.717) is 0 Å². The van der Waals surface area contributed by atoms with Gasteiger partial charge in [-0.05, 0) is 12.1 Å². The van der Waals surface area contributed by atoms with Gasteiger partial charge in [0.1, 0.15) is 11.5 Å². The van der Waals surface area contributed by atoms with E-state index >= 15 is 0 Å². The number of halogens is 2. The molecule has 0 unspecified atom stereocenters. The Kier molecular flexibility index (Phi) is 3.51. The molecule has 0 spiro atoms. The largest absolute Gasteiger partial charge is 0.539 e. The molecule has 0 saturated heterocycles. The number of rotatable bonds is 4. The van der Waals surface area contributed by atoms with Gasteiger partial charge in [-0.15, -0.1) is 0 Å². The maximum Gasteiger partial charge on any atom is 0.504 e. The summed E-state index contributed by atoms with van der Waals surface area (Å²) < 4.78 is 32.2. The third-order valence-electron chi connectivity index (χ3n) is 1.26. The molecule has 0 heterocycles. The van der Waals surface area contributed by atoms with Crippen molar-refractivity contribution in [1.29, 1.82) is 0 Å². The number of alkyl halides is 2. The fourth-order valence-corrected chi connectivity index (χ4v) is 0.815. The summed E-state index contributed by atoms with van der Waals surface area (Å²) in [5.41, 5.74) is 0. The molecule has 0 aliphatic heterocycles. The van der Waals surface area contributed by atoms with Crippen LogP contribution in [0.3, 0.4) is 0 Å². The minimum absolute atomic E-state index is 0.000880. The van der Waals surface area contributed by atoms with Crippen molar-refractivity contribution in [3.63, 3.8) is 0 Å². The van der Waals surface area contributed by atoms with Gasteiger partial charge in [0.05, 0.1) is 0 Å². The molecule has 0 fully saturated rings. The van der Waals surface area contributed by atoms with Crippen LogP contribution >= 0.6 is 0 Å². The van der Waals surface area contributed by atoms with E-state index in [2.05, 4.69) is 9.39 Å². The Hall–Kier alpha value is -1.30. The molecule has 0 bridgehead atoms. The topological polar surface area (TPSA) is 38.7 Å². The predicted molar refractivity (Wildman–Crippen MR) is 43.1 cm³/mol. The van der Waals surface area contributed by atoms with Crippen molar-refractivity contribution >= 4 is 7.69 Å². The number of ether oxygens (including phenoxy) is 1. The van der Waals surface area contributed by atoms with E-state index in [1.54, 1.807) is 0 Å². The standard InChI is InChI=1S/C7H7BF2O3/c9-7(10)12-5-2-1-3-6(4-5)13-8-11/h1-4,7-8,11H. The summed E-state index contributed by atoms with van der Waals surface area (Å²) in [6.45, 7) is -2.86. The van der Waals surface area contributed by atoms with Gasteiger partial charge < -0.3 is 14.4 Å². The summed E-state index contributed by atoms with van der Waals surface area (Å²) in [6, 6.07) is 5.65. The van der Waals surface area contributed by atoms with Crippen LogP contribution in [0.25, 0.3) is 0 Å². The molecule has 0 aromatic heterocycles. The number of hydrogen-bond donors (Lipinski definition) is 1. The Bertz CT molecular complexity index is 270. The molecule has 0 saturated carbocycles. The van der Waals surface area contributed by atoms with E-state index in [-0.39, 0.29) is 11.5 Å². The minimum atomic E-state index is -2.86. The van der Waals surface area contributed by atoms with E-state index < -0.39 is 14.3 Å². The summed E-state index contributed by atoms with van der Waals surface area (Å²) in [5, 5.41) is 8.38. The summed E-state index contributed by atoms with van der Waals surface area (Å²) in [7, 11) is -0.502. The van der Waals surface area contributed by atoms with Gasteiger partial charge in [0.2, 0.25) is 0 Å². The summed E-state index contributed by atoms with van der Waals surface area (Å²) in [5.74, 6) is 0.279. The molecule has 0 atom stereocenters. The average molecular weight is 188 g/mol. The van der Waals surface area contributed by atoms with Crippen LogP contribution in [0.2, 0.25) is 0 Å². The van der Waals surface area contributed by atoms with Crippen molar-refractivity contribution < 1.29 is 23.2 Å². The highest BCUT2D eigenvalue weighted by molar-refractivity contribution is 6.17. The lowest BCUT2D eigenvalue weighted by Gasteiger charge is -2.06. The molecule has 13 heavy (non-hydrogen) atoms. The van der Waals surface area contributed by atoms with Crippen molar-refractivity contribution in [2.24, 2.45) is 0 Å². The van der Waals surface area contributed by atoms with Gasteiger partial charge in [0.25, 0.3) is 0 Å². The Morgan fingerprint density at radius 1 is 1.31 bits per heavy atom. The van der Waals surface area contributed by atoms with Crippen molar-refractivity contribution in [1.82, 2.24) is 0 Å². The zero-order chi connectivity index (χ0) is 9.68. The summed E-state index contributed by atoms with van der Waals surface area (Å²) in [6.07, 6.45) is 0. The Balaban J connectivity index is 2.67. The zero-order valence-corrected chi connectivity index (χ0v) is 6.61. The first-order valence-electron chi connectivity index (χ1n) is 3.51. The quantitative estimate of drug-likeness (QED) is 0.714. The van der Waals surface area contributed by atoms with Crippen molar-refractivity contribution in [3.8, 4) is 11.5 Å². The fraction of sp³-hybridized carbons (Fsp3) is 0.143. The minimum Gasteiger partial charge on any atom is -0.539 e. The monoisotopic (exact) mass is 188 g/mol. The molecule has 0 aliphatic rings. The highest BCUT2D eigenvalue weighted by atomic mass is 19.3. The van der Waals surface area contributed by atoms with Gasteiger partial charge in [-0.25, -0.2) is 0 Å². The molecule has 0 radical (unpaired) electrons. The van der Waals surface area contributed by atoms with Gasteiger partial charge in [-0.1, -0.05) is 6.07 Å². The van der Waals surface area contributed by atoms with Gasteiger partial charge in [0.15, 0.2) is 0 Å². The maximum atomic E-state index is 11.7. The molecule has 0 aliphatic carbocycles. The Morgan fingerprint density at radius 3 is 2.62 bits per heavy atom.